The van der Waals surface area contributed by atoms with E-state index in [1.807, 2.05) is 0 Å². The molecule has 0 heterocycles. The van der Waals surface area contributed by atoms with Crippen molar-refractivity contribution < 1.29 is 9.13 Å². The third kappa shape index (κ3) is 3.46. The molecule has 3 nitrogen and oxygen atoms in total. The van der Waals surface area contributed by atoms with Gasteiger partial charge in [-0.3, -0.25) is 5.41 Å². The van der Waals surface area contributed by atoms with Crippen LogP contribution in [0.3, 0.4) is 0 Å². The molecule has 2 rings (SSSR count). The van der Waals surface area contributed by atoms with Crippen LogP contribution in [0.4, 0.5) is 4.39 Å². The molecule has 1 aliphatic rings. The Morgan fingerprint density at radius 1 is 1.26 bits per heavy atom. The lowest BCUT2D eigenvalue weighted by atomic mass is 9.82. The Morgan fingerprint density at radius 2 is 1.89 bits per heavy atom. The second kappa shape index (κ2) is 5.59. The largest absolute Gasteiger partial charge is 0.487 e. The Hall–Kier alpha value is -1.58. The van der Waals surface area contributed by atoms with Crippen molar-refractivity contribution in [1.82, 2.24) is 0 Å². The van der Waals surface area contributed by atoms with Crippen molar-refractivity contribution in [3.63, 3.8) is 0 Å². The van der Waals surface area contributed by atoms with Crippen LogP contribution >= 0.6 is 0 Å². The summed E-state index contributed by atoms with van der Waals surface area (Å²) in [5, 5.41) is 7.28. The van der Waals surface area contributed by atoms with Crippen LogP contribution in [0.25, 0.3) is 0 Å². The Kier molecular flexibility index (Phi) is 4.08. The number of nitrogens with one attached hydrogen (secondary N) is 1. The summed E-state index contributed by atoms with van der Waals surface area (Å²) in [7, 11) is 0. The monoisotopic (exact) mass is 264 g/mol. The van der Waals surface area contributed by atoms with E-state index >= 15 is 0 Å². The minimum absolute atomic E-state index is 0.0800. The number of hydrogen-bond acceptors (Lipinski definition) is 2. The van der Waals surface area contributed by atoms with Gasteiger partial charge in [0, 0.05) is 5.56 Å². The van der Waals surface area contributed by atoms with Gasteiger partial charge >= 0.3 is 0 Å². The van der Waals surface area contributed by atoms with Crippen LogP contribution in [0, 0.1) is 23.1 Å². The third-order valence-electron chi connectivity index (χ3n) is 3.67. The smallest absolute Gasteiger partial charge is 0.165 e. The highest BCUT2D eigenvalue weighted by Crippen LogP contribution is 2.32. The van der Waals surface area contributed by atoms with Crippen LogP contribution in [0.15, 0.2) is 18.2 Å². The normalized spacial score (nSPS) is 27.0. The van der Waals surface area contributed by atoms with Gasteiger partial charge in [0.15, 0.2) is 11.6 Å². The van der Waals surface area contributed by atoms with Gasteiger partial charge in [-0.25, -0.2) is 4.39 Å². The van der Waals surface area contributed by atoms with Crippen molar-refractivity contribution in [2.24, 2.45) is 17.6 Å². The number of nitrogen functional groups attached to an aromatic ring is 1. The molecule has 1 saturated carbocycles. The van der Waals surface area contributed by atoms with E-state index in [-0.39, 0.29) is 17.7 Å². The quantitative estimate of drug-likeness (QED) is 0.650. The fourth-order valence-electron chi connectivity index (χ4n) is 2.91. The van der Waals surface area contributed by atoms with Crippen LogP contribution in [0.5, 0.6) is 5.75 Å². The zero-order valence-corrected chi connectivity index (χ0v) is 11.4. The lowest BCUT2D eigenvalue weighted by Crippen LogP contribution is -2.28. The van der Waals surface area contributed by atoms with Gasteiger partial charge < -0.3 is 10.5 Å². The lowest BCUT2D eigenvalue weighted by Gasteiger charge is -2.31. The van der Waals surface area contributed by atoms with Gasteiger partial charge in [0.25, 0.3) is 0 Å². The summed E-state index contributed by atoms with van der Waals surface area (Å²) >= 11 is 0. The molecule has 4 heteroatoms. The molecule has 2 atom stereocenters. The van der Waals surface area contributed by atoms with Gasteiger partial charge in [-0.15, -0.1) is 0 Å². The van der Waals surface area contributed by atoms with Crippen molar-refractivity contribution in [2.75, 3.05) is 0 Å². The highest BCUT2D eigenvalue weighted by Gasteiger charge is 2.25. The number of nitrogens with two attached hydrogens (primary N) is 1. The molecule has 1 aromatic carbocycles. The minimum Gasteiger partial charge on any atom is -0.487 e. The van der Waals surface area contributed by atoms with E-state index in [1.54, 1.807) is 12.1 Å². The highest BCUT2D eigenvalue weighted by molar-refractivity contribution is 5.95. The zero-order valence-electron chi connectivity index (χ0n) is 11.4. The molecule has 0 saturated heterocycles. The van der Waals surface area contributed by atoms with Crippen LogP contribution in [0.1, 0.15) is 38.7 Å². The molecule has 0 bridgehead atoms. The molecule has 1 aromatic rings. The van der Waals surface area contributed by atoms with E-state index in [0.29, 0.717) is 17.4 Å². The zero-order chi connectivity index (χ0) is 14.0. The molecule has 0 radical (unpaired) electrons. The Morgan fingerprint density at radius 3 is 2.42 bits per heavy atom. The molecule has 3 N–H and O–H groups in total. The lowest BCUT2D eigenvalue weighted by molar-refractivity contribution is 0.0970. The van der Waals surface area contributed by atoms with Gasteiger partial charge in [-0.2, -0.15) is 0 Å². The molecule has 104 valence electrons. The van der Waals surface area contributed by atoms with Gasteiger partial charge in [-0.1, -0.05) is 13.8 Å². The Bertz CT molecular complexity index is 465. The standard InChI is InChI=1S/C15H21FN2O/c1-9-5-10(2)7-12(6-9)19-14-4-3-11(15(17)18)8-13(14)16/h3-4,8-10,12H,5-7H2,1-2H3,(H3,17,18). The van der Waals surface area contributed by atoms with E-state index in [1.165, 1.54) is 12.5 Å². The maximum atomic E-state index is 13.9. The van der Waals surface area contributed by atoms with Gasteiger partial charge in [0.2, 0.25) is 0 Å². The average molecular weight is 264 g/mol. The van der Waals surface area contributed by atoms with Crippen molar-refractivity contribution in [3.8, 4) is 5.75 Å². The van der Waals surface area contributed by atoms with E-state index in [4.69, 9.17) is 15.9 Å². The number of hydrogen-bond donors (Lipinski definition) is 2. The number of halogens is 1. The third-order valence-corrected chi connectivity index (χ3v) is 3.67. The van der Waals surface area contributed by atoms with Crippen molar-refractivity contribution >= 4 is 5.84 Å². The molecule has 1 fully saturated rings. The molecule has 0 spiro atoms. The van der Waals surface area contributed by atoms with Crippen molar-refractivity contribution in [1.29, 1.82) is 5.41 Å². The summed E-state index contributed by atoms with van der Waals surface area (Å²) in [6.45, 7) is 4.42. The van der Waals surface area contributed by atoms with E-state index in [2.05, 4.69) is 13.8 Å². The van der Waals surface area contributed by atoms with Crippen molar-refractivity contribution in [2.45, 2.75) is 39.2 Å². The fourth-order valence-corrected chi connectivity index (χ4v) is 2.91. The topological polar surface area (TPSA) is 59.1 Å². The van der Waals surface area contributed by atoms with Gasteiger partial charge in [-0.05, 0) is 49.3 Å². The Balaban J connectivity index is 2.08. The SMILES string of the molecule is CC1CC(C)CC(Oc2ccc(C(=N)N)cc2F)C1. The molecular formula is C15H21FN2O. The predicted molar refractivity (Wildman–Crippen MR) is 74.0 cm³/mol. The van der Waals surface area contributed by atoms with Crippen LogP contribution in [-0.2, 0) is 0 Å². The van der Waals surface area contributed by atoms with E-state index in [9.17, 15) is 4.39 Å². The second-order valence-corrected chi connectivity index (χ2v) is 5.72. The maximum absolute atomic E-state index is 13.9. The summed E-state index contributed by atoms with van der Waals surface area (Å²) in [5.74, 6) is 0.918. The van der Waals surface area contributed by atoms with Crippen molar-refractivity contribution in [3.05, 3.63) is 29.6 Å². The summed E-state index contributed by atoms with van der Waals surface area (Å²) in [6.07, 6.45) is 3.23. The number of ether oxygens (including phenoxy) is 1. The maximum Gasteiger partial charge on any atom is 0.165 e. The first-order chi connectivity index (χ1) is 8.95. The Labute approximate surface area is 113 Å². The van der Waals surface area contributed by atoms with E-state index < -0.39 is 5.82 Å². The summed E-state index contributed by atoms with van der Waals surface area (Å²) < 4.78 is 19.7. The molecule has 0 aliphatic heterocycles. The number of rotatable bonds is 3. The molecule has 19 heavy (non-hydrogen) atoms. The van der Waals surface area contributed by atoms with Gasteiger partial charge in [0.1, 0.15) is 5.84 Å². The first-order valence-electron chi connectivity index (χ1n) is 6.76. The first kappa shape index (κ1) is 13.8. The van der Waals surface area contributed by atoms with E-state index in [0.717, 1.165) is 12.8 Å². The minimum atomic E-state index is -0.446. The molecule has 0 amide bonds. The number of amidine groups is 1. The molecule has 0 aromatic heterocycles. The second-order valence-electron chi connectivity index (χ2n) is 5.72. The summed E-state index contributed by atoms with van der Waals surface area (Å²) in [6, 6.07) is 4.44. The van der Waals surface area contributed by atoms with Gasteiger partial charge in [0.05, 0.1) is 6.10 Å². The van der Waals surface area contributed by atoms with Crippen LogP contribution < -0.4 is 10.5 Å². The highest BCUT2D eigenvalue weighted by atomic mass is 19.1. The molecular weight excluding hydrogens is 243 g/mol. The molecule has 2 unspecified atom stereocenters. The number of benzene rings is 1. The first-order valence-corrected chi connectivity index (χ1v) is 6.76. The summed E-state index contributed by atoms with van der Waals surface area (Å²) in [4.78, 5) is 0. The van der Waals surface area contributed by atoms with Crippen LogP contribution in [0.2, 0.25) is 0 Å². The summed E-state index contributed by atoms with van der Waals surface area (Å²) in [5.41, 5.74) is 5.71. The molecule has 1 aliphatic carbocycles. The van der Waals surface area contributed by atoms with Crippen LogP contribution in [-0.4, -0.2) is 11.9 Å². The fraction of sp³-hybridized carbons (Fsp3) is 0.533. The predicted octanol–water partition coefficient (Wildman–Crippen LogP) is 3.31. The average Bonchev–Trinajstić information content (AvgIpc) is 2.30.